The maximum absolute atomic E-state index is 12.8. The van der Waals surface area contributed by atoms with Crippen molar-refractivity contribution in [1.29, 1.82) is 0 Å². The highest BCUT2D eigenvalue weighted by molar-refractivity contribution is 5.92. The zero-order valence-electron chi connectivity index (χ0n) is 18.0. The monoisotopic (exact) mass is 440 g/mol. The standard InChI is InChI=1S/C22H28N6O4/c1-12(2)19(21(30)27-18(22(31)32)8-14-10-24-11-26-14)28-20(29)16(23)7-13-9-25-17-6-4-3-5-15(13)17/h3-6,9-12,16,18-19,25H,7-8,23H2,1-2H3,(H,24,26)(H,27,30)(H,28,29)(H,31,32). The summed E-state index contributed by atoms with van der Waals surface area (Å²) in [6.07, 6.45) is 5.08. The van der Waals surface area contributed by atoms with Crippen molar-refractivity contribution in [2.75, 3.05) is 0 Å². The number of amides is 2. The summed E-state index contributed by atoms with van der Waals surface area (Å²) in [5, 5.41) is 15.6. The van der Waals surface area contributed by atoms with Crippen molar-refractivity contribution in [3.63, 3.8) is 0 Å². The molecule has 3 aromatic rings. The average Bonchev–Trinajstić information content (AvgIpc) is 3.41. The average molecular weight is 441 g/mol. The van der Waals surface area contributed by atoms with Crippen LogP contribution in [0.25, 0.3) is 10.9 Å². The Morgan fingerprint density at radius 3 is 2.50 bits per heavy atom. The first kappa shape index (κ1) is 23.0. The largest absolute Gasteiger partial charge is 0.480 e. The molecule has 0 bridgehead atoms. The van der Waals surface area contributed by atoms with E-state index in [4.69, 9.17) is 5.73 Å². The second-order valence-electron chi connectivity index (χ2n) is 8.08. The molecule has 10 nitrogen and oxygen atoms in total. The van der Waals surface area contributed by atoms with Crippen LogP contribution in [0.1, 0.15) is 25.1 Å². The number of imidazole rings is 1. The molecule has 0 saturated heterocycles. The second-order valence-corrected chi connectivity index (χ2v) is 8.08. The number of carbonyl (C=O) groups excluding carboxylic acids is 2. The number of nitrogens with zero attached hydrogens (tertiary/aromatic N) is 1. The Morgan fingerprint density at radius 2 is 1.84 bits per heavy atom. The van der Waals surface area contributed by atoms with E-state index in [-0.39, 0.29) is 12.3 Å². The van der Waals surface area contributed by atoms with Gasteiger partial charge in [-0.25, -0.2) is 9.78 Å². The summed E-state index contributed by atoms with van der Waals surface area (Å²) in [5.41, 5.74) is 8.55. The van der Waals surface area contributed by atoms with Crippen molar-refractivity contribution >= 4 is 28.7 Å². The Hall–Kier alpha value is -3.66. The molecule has 0 saturated carbocycles. The molecule has 32 heavy (non-hydrogen) atoms. The van der Waals surface area contributed by atoms with Gasteiger partial charge in [-0.3, -0.25) is 9.59 Å². The Bertz CT molecular complexity index is 1080. The van der Waals surface area contributed by atoms with E-state index in [9.17, 15) is 19.5 Å². The molecule has 0 aliphatic heterocycles. The van der Waals surface area contributed by atoms with E-state index >= 15 is 0 Å². The minimum absolute atomic E-state index is 0.0416. The SMILES string of the molecule is CC(C)C(NC(=O)C(N)Cc1c[nH]c2ccccc12)C(=O)NC(Cc1cnc[nH]1)C(=O)O. The smallest absolute Gasteiger partial charge is 0.326 e. The number of carboxylic acid groups (broad SMARTS) is 1. The number of aromatic nitrogens is 3. The van der Waals surface area contributed by atoms with Crippen molar-refractivity contribution < 1.29 is 19.5 Å². The van der Waals surface area contributed by atoms with E-state index in [1.807, 2.05) is 30.5 Å². The molecule has 2 aromatic heterocycles. The second kappa shape index (κ2) is 10.1. The maximum Gasteiger partial charge on any atom is 0.326 e. The van der Waals surface area contributed by atoms with Gasteiger partial charge in [-0.1, -0.05) is 32.0 Å². The van der Waals surface area contributed by atoms with Crippen LogP contribution in [0.2, 0.25) is 0 Å². The number of nitrogens with two attached hydrogens (primary N) is 1. The van der Waals surface area contributed by atoms with Crippen LogP contribution in [0.15, 0.2) is 43.0 Å². The molecule has 7 N–H and O–H groups in total. The summed E-state index contributed by atoms with van der Waals surface area (Å²) in [5.74, 6) is -2.53. The van der Waals surface area contributed by atoms with Gasteiger partial charge in [0.2, 0.25) is 11.8 Å². The van der Waals surface area contributed by atoms with E-state index in [0.29, 0.717) is 12.1 Å². The molecule has 3 unspecified atom stereocenters. The lowest BCUT2D eigenvalue weighted by Gasteiger charge is -2.25. The number of benzene rings is 1. The third-order valence-electron chi connectivity index (χ3n) is 5.29. The van der Waals surface area contributed by atoms with Gasteiger partial charge in [0.05, 0.1) is 12.4 Å². The minimum atomic E-state index is -1.18. The van der Waals surface area contributed by atoms with Crippen LogP contribution < -0.4 is 16.4 Å². The number of para-hydroxylation sites is 1. The Balaban J connectivity index is 1.64. The van der Waals surface area contributed by atoms with Crippen LogP contribution >= 0.6 is 0 Å². The van der Waals surface area contributed by atoms with Crippen LogP contribution in [-0.2, 0) is 27.2 Å². The van der Waals surface area contributed by atoms with Gasteiger partial charge in [-0.05, 0) is 24.0 Å². The molecular weight excluding hydrogens is 412 g/mol. The molecule has 2 heterocycles. The molecule has 0 spiro atoms. The molecule has 10 heteroatoms. The fourth-order valence-corrected chi connectivity index (χ4v) is 3.50. The predicted octanol–water partition coefficient (Wildman–Crippen LogP) is 0.714. The van der Waals surface area contributed by atoms with E-state index < -0.39 is 35.9 Å². The van der Waals surface area contributed by atoms with E-state index in [1.54, 1.807) is 13.8 Å². The lowest BCUT2D eigenvalue weighted by molar-refractivity contribution is -0.142. The zero-order chi connectivity index (χ0) is 23.3. The summed E-state index contributed by atoms with van der Waals surface area (Å²) >= 11 is 0. The van der Waals surface area contributed by atoms with Gasteiger partial charge < -0.3 is 31.4 Å². The number of aliphatic carboxylic acids is 1. The molecular formula is C22H28N6O4. The van der Waals surface area contributed by atoms with Crippen molar-refractivity contribution in [2.24, 2.45) is 11.7 Å². The third-order valence-corrected chi connectivity index (χ3v) is 5.29. The summed E-state index contributed by atoms with van der Waals surface area (Å²) in [4.78, 5) is 47.0. The van der Waals surface area contributed by atoms with Gasteiger partial charge >= 0.3 is 5.97 Å². The Labute approximate surface area is 185 Å². The summed E-state index contributed by atoms with van der Waals surface area (Å²) in [7, 11) is 0. The number of hydrogen-bond donors (Lipinski definition) is 6. The van der Waals surface area contributed by atoms with E-state index in [2.05, 4.69) is 25.6 Å². The summed E-state index contributed by atoms with van der Waals surface area (Å²) in [6.45, 7) is 3.53. The summed E-state index contributed by atoms with van der Waals surface area (Å²) < 4.78 is 0. The highest BCUT2D eigenvalue weighted by Gasteiger charge is 2.30. The quantitative estimate of drug-likeness (QED) is 0.272. The van der Waals surface area contributed by atoms with Gasteiger partial charge in [0.25, 0.3) is 0 Å². The molecule has 0 fully saturated rings. The van der Waals surface area contributed by atoms with Crippen molar-refractivity contribution in [3.05, 3.63) is 54.2 Å². The van der Waals surface area contributed by atoms with Crippen LogP contribution in [0.3, 0.4) is 0 Å². The number of nitrogens with one attached hydrogen (secondary N) is 4. The van der Waals surface area contributed by atoms with Crippen LogP contribution in [-0.4, -0.2) is 56.0 Å². The van der Waals surface area contributed by atoms with Gasteiger partial charge in [0.1, 0.15) is 12.1 Å². The first-order valence-electron chi connectivity index (χ1n) is 10.4. The zero-order valence-corrected chi connectivity index (χ0v) is 18.0. The van der Waals surface area contributed by atoms with Crippen LogP contribution in [0, 0.1) is 5.92 Å². The highest BCUT2D eigenvalue weighted by Crippen LogP contribution is 2.19. The normalized spacial score (nSPS) is 14.1. The first-order chi connectivity index (χ1) is 15.3. The molecule has 3 atom stereocenters. The molecule has 170 valence electrons. The topological polar surface area (TPSA) is 166 Å². The number of rotatable bonds is 10. The van der Waals surface area contributed by atoms with Crippen molar-refractivity contribution in [3.8, 4) is 0 Å². The molecule has 0 aliphatic rings. The lowest BCUT2D eigenvalue weighted by atomic mass is 10.0. The first-order valence-corrected chi connectivity index (χ1v) is 10.4. The van der Waals surface area contributed by atoms with Gasteiger partial charge in [0.15, 0.2) is 0 Å². The minimum Gasteiger partial charge on any atom is -0.480 e. The molecule has 1 aromatic carbocycles. The number of carbonyl (C=O) groups is 3. The van der Waals surface area contributed by atoms with Crippen LogP contribution in [0.5, 0.6) is 0 Å². The predicted molar refractivity (Wildman–Crippen MR) is 119 cm³/mol. The van der Waals surface area contributed by atoms with E-state index in [1.165, 1.54) is 12.5 Å². The molecule has 0 radical (unpaired) electrons. The van der Waals surface area contributed by atoms with Crippen molar-refractivity contribution in [1.82, 2.24) is 25.6 Å². The van der Waals surface area contributed by atoms with Gasteiger partial charge in [-0.2, -0.15) is 0 Å². The molecule has 3 rings (SSSR count). The molecule has 0 aliphatic carbocycles. The maximum atomic E-state index is 12.8. The summed E-state index contributed by atoms with van der Waals surface area (Å²) in [6, 6.07) is 4.74. The van der Waals surface area contributed by atoms with Crippen LogP contribution in [0.4, 0.5) is 0 Å². The number of hydrogen-bond acceptors (Lipinski definition) is 5. The number of H-pyrrole nitrogens is 2. The Morgan fingerprint density at radius 1 is 1.09 bits per heavy atom. The Kier molecular flexibility index (Phi) is 7.26. The molecule has 2 amide bonds. The van der Waals surface area contributed by atoms with Crippen molar-refractivity contribution in [2.45, 2.75) is 44.8 Å². The fraction of sp³-hybridized carbons (Fsp3) is 0.364. The van der Waals surface area contributed by atoms with E-state index in [0.717, 1.165) is 16.5 Å². The van der Waals surface area contributed by atoms with Gasteiger partial charge in [0, 0.05) is 35.4 Å². The lowest BCUT2D eigenvalue weighted by Crippen LogP contribution is -2.56. The number of aromatic amines is 2. The number of carboxylic acids is 1. The number of fused-ring (bicyclic) bond motifs is 1. The van der Waals surface area contributed by atoms with Gasteiger partial charge in [-0.15, -0.1) is 0 Å². The highest BCUT2D eigenvalue weighted by atomic mass is 16.4. The third kappa shape index (κ3) is 5.52. The fourth-order valence-electron chi connectivity index (χ4n) is 3.50.